The van der Waals surface area contributed by atoms with Crippen LogP contribution in [0.15, 0.2) is 36.0 Å². The molecule has 97 heavy (non-hydrogen) atoms. The number of nitrogens with one attached hydrogen (secondary N) is 8. The zero-order valence-corrected chi connectivity index (χ0v) is 55.6. The van der Waals surface area contributed by atoms with Crippen LogP contribution in [0.3, 0.4) is 0 Å². The Labute approximate surface area is 560 Å². The number of benzene rings is 1. The standard InChI is InChI=1S/C62H99N11O24/c1-8-10-11-12-13-14-15-16-17-18-40(78)49(82)60(93)71-46(31(4)76)57(90)72-47-32(5)95-61(94)38(24-26-43(64)80)68-59(92)48(33(6)96-62-52(85)51(84)50(83)41(29-74)97-62)73(7)44(81)28-65-53(86)37(23-25-42(63)79)67-54(87)36(9-2)66-55(88)39(27-34-19-21-35(77)22-20-34)69-56(89)45(30(3)75)70-58(47)91/h9,19-22,30-33,37-41,45-52,62,74-78,82-85H,8,10-18,23-29H2,1-7H3,(H2,63,79)(H2,64,80)(H,65,86)(H,66,88)(H,67,87)(H,68,92)(H,69,89)(H,70,91)(H,71,93)(H,72,90). The van der Waals surface area contributed by atoms with Gasteiger partial charge in [0.1, 0.15) is 84.3 Å². The zero-order valence-electron chi connectivity index (χ0n) is 55.6. The summed E-state index contributed by atoms with van der Waals surface area (Å²) >= 11 is 0. The molecule has 2 aliphatic rings. The average Bonchev–Trinajstić information content (AvgIpc) is 1.25. The molecule has 35 nitrogen and oxygen atoms in total. The van der Waals surface area contributed by atoms with Crippen molar-refractivity contribution in [1.29, 1.82) is 0 Å². The molecule has 0 radical (unpaired) electrons. The number of phenolic OH excluding ortho intramolecular Hbond substituents is 1. The van der Waals surface area contributed by atoms with Crippen molar-refractivity contribution in [3.05, 3.63) is 41.6 Å². The summed E-state index contributed by atoms with van der Waals surface area (Å²) in [5.41, 5.74) is 10.5. The predicted molar refractivity (Wildman–Crippen MR) is 339 cm³/mol. The fraction of sp³-hybridized carbons (Fsp3) is 0.677. The van der Waals surface area contributed by atoms with Crippen LogP contribution in [0.2, 0.25) is 0 Å². The summed E-state index contributed by atoms with van der Waals surface area (Å²) in [6.45, 7) is 5.52. The highest BCUT2D eigenvalue weighted by Crippen LogP contribution is 2.25. The lowest BCUT2D eigenvalue weighted by Crippen LogP contribution is -2.64. The van der Waals surface area contributed by atoms with Crippen molar-refractivity contribution in [2.45, 2.75) is 247 Å². The van der Waals surface area contributed by atoms with Gasteiger partial charge in [-0.1, -0.05) is 82.9 Å². The molecule has 0 saturated carbocycles. The van der Waals surface area contributed by atoms with Gasteiger partial charge in [-0.2, -0.15) is 0 Å². The molecule has 18 atom stereocenters. The number of allylic oxidation sites excluding steroid dienone is 1. The van der Waals surface area contributed by atoms with E-state index in [0.29, 0.717) is 17.7 Å². The van der Waals surface area contributed by atoms with Gasteiger partial charge in [-0.25, -0.2) is 4.79 Å². The van der Waals surface area contributed by atoms with Crippen molar-refractivity contribution in [2.75, 3.05) is 20.2 Å². The van der Waals surface area contributed by atoms with Gasteiger partial charge in [-0.15, -0.1) is 0 Å². The van der Waals surface area contributed by atoms with E-state index in [4.69, 9.17) is 25.7 Å². The second-order valence-corrected chi connectivity index (χ2v) is 24.1. The first-order chi connectivity index (χ1) is 45.7. The highest BCUT2D eigenvalue weighted by molar-refractivity contribution is 6.02. The molecule has 18 unspecified atom stereocenters. The Balaban J connectivity index is 2.26. The summed E-state index contributed by atoms with van der Waals surface area (Å²) in [5.74, 6) is -15.4. The molecule has 2 aliphatic heterocycles. The van der Waals surface area contributed by atoms with Gasteiger partial charge < -0.3 is 119 Å². The number of nitrogens with two attached hydrogens (primary N) is 2. The number of amides is 11. The van der Waals surface area contributed by atoms with Crippen LogP contribution < -0.4 is 54.0 Å². The third-order valence-electron chi connectivity index (χ3n) is 16.2. The Morgan fingerprint density at radius 1 is 0.732 bits per heavy atom. The van der Waals surface area contributed by atoms with Gasteiger partial charge in [0.25, 0.3) is 11.8 Å². The number of phenols is 1. The number of primary amides is 2. The maximum Gasteiger partial charge on any atom is 0.329 e. The van der Waals surface area contributed by atoms with Crippen molar-refractivity contribution in [3.8, 4) is 5.75 Å². The van der Waals surface area contributed by atoms with Gasteiger partial charge in [0.05, 0.1) is 37.6 Å². The van der Waals surface area contributed by atoms with Gasteiger partial charge in [0, 0.05) is 26.3 Å². The lowest BCUT2D eigenvalue weighted by molar-refractivity contribution is -0.312. The molecule has 0 aromatic heterocycles. The molecule has 0 bridgehead atoms. The van der Waals surface area contributed by atoms with E-state index in [0.717, 1.165) is 85.8 Å². The van der Waals surface area contributed by atoms with Crippen molar-refractivity contribution >= 4 is 70.9 Å². The molecule has 546 valence electrons. The van der Waals surface area contributed by atoms with Gasteiger partial charge in [-0.05, 0) is 71.6 Å². The Bertz CT molecular complexity index is 2850. The number of rotatable bonds is 29. The van der Waals surface area contributed by atoms with Crippen LogP contribution in [-0.2, 0) is 78.2 Å². The summed E-state index contributed by atoms with van der Waals surface area (Å²) in [6, 6.07) is -8.97. The monoisotopic (exact) mass is 1380 g/mol. The number of unbranched alkanes of at least 4 members (excludes halogenated alkanes) is 8. The number of carbonyl (C=O) groups excluding carboxylic acids is 12. The number of esters is 1. The lowest BCUT2D eigenvalue weighted by Gasteiger charge is -2.42. The molecule has 0 spiro atoms. The van der Waals surface area contributed by atoms with Crippen LogP contribution in [-0.4, -0.2) is 252 Å². The molecule has 35 heteroatoms. The summed E-state index contributed by atoms with van der Waals surface area (Å²) in [4.78, 5) is 168. The minimum Gasteiger partial charge on any atom is -0.508 e. The Morgan fingerprint density at radius 2 is 1.31 bits per heavy atom. The maximum atomic E-state index is 14.8. The quantitative estimate of drug-likeness (QED) is 0.0202. The SMILES string of the molecule is CC=C1NC(=O)C(Cc2ccc(O)cc2)NC(=O)C(C(C)O)NC(=O)C(NC(=O)C(NC(=O)C(O)C(O)CCCCCCCCCCC)C(C)O)C(C)OC(=O)C(CCC(N)=O)NC(=O)C(C(C)OC2OC(CO)C(O)C(O)C2O)N(C)C(=O)CNC(=O)C(CCC(N)=O)NC1=O. The van der Waals surface area contributed by atoms with Crippen LogP contribution in [0.5, 0.6) is 5.75 Å². The number of hydrogen-bond donors (Lipinski definition) is 19. The van der Waals surface area contributed by atoms with Crippen LogP contribution in [0.1, 0.15) is 137 Å². The topological polar surface area (TPSA) is 566 Å². The molecule has 21 N–H and O–H groups in total. The highest BCUT2D eigenvalue weighted by Gasteiger charge is 2.47. The fourth-order valence-electron chi connectivity index (χ4n) is 10.4. The first-order valence-electron chi connectivity index (χ1n) is 32.2. The van der Waals surface area contributed by atoms with Crippen molar-refractivity contribution < 1.29 is 118 Å². The lowest BCUT2D eigenvalue weighted by atomic mass is 9.99. The minimum atomic E-state index is -2.30. The van der Waals surface area contributed by atoms with Crippen molar-refractivity contribution in [1.82, 2.24) is 47.4 Å². The van der Waals surface area contributed by atoms with Gasteiger partial charge in [0.2, 0.25) is 53.2 Å². The maximum absolute atomic E-state index is 14.8. The normalized spacial score (nSPS) is 27.1. The molecular formula is C62H99N11O24. The van der Waals surface area contributed by atoms with Gasteiger partial charge >= 0.3 is 5.97 Å². The van der Waals surface area contributed by atoms with E-state index in [-0.39, 0.29) is 17.7 Å². The molecule has 2 saturated heterocycles. The molecule has 3 rings (SSSR count). The summed E-state index contributed by atoms with van der Waals surface area (Å²) < 4.78 is 17.0. The largest absolute Gasteiger partial charge is 0.508 e. The molecule has 1 aromatic rings. The average molecular weight is 1380 g/mol. The van der Waals surface area contributed by atoms with E-state index in [1.165, 1.54) is 31.2 Å². The fourth-order valence-corrected chi connectivity index (χ4v) is 10.4. The molecule has 2 fully saturated rings. The number of carbonyl (C=O) groups is 12. The van der Waals surface area contributed by atoms with Crippen LogP contribution in [0, 0.1) is 0 Å². The molecular weight excluding hydrogens is 1280 g/mol. The molecule has 2 heterocycles. The molecule has 0 aliphatic carbocycles. The third-order valence-corrected chi connectivity index (χ3v) is 16.2. The van der Waals surface area contributed by atoms with E-state index in [1.54, 1.807) is 0 Å². The van der Waals surface area contributed by atoms with E-state index >= 15 is 0 Å². The summed E-state index contributed by atoms with van der Waals surface area (Å²) in [7, 11) is 0.982. The Kier molecular flexibility index (Phi) is 35.4. The van der Waals surface area contributed by atoms with E-state index in [1.807, 2.05) is 0 Å². The smallest absolute Gasteiger partial charge is 0.329 e. The Morgan fingerprint density at radius 3 is 1.87 bits per heavy atom. The highest BCUT2D eigenvalue weighted by atomic mass is 16.7. The van der Waals surface area contributed by atoms with E-state index < -0.39 is 232 Å². The molecule has 11 amide bonds. The van der Waals surface area contributed by atoms with Crippen LogP contribution >= 0.6 is 0 Å². The second kappa shape index (κ2) is 41.3. The first kappa shape index (κ1) is 83.2. The number of likely N-dealkylation sites (N-methyl/N-ethyl adjacent to an activating group) is 1. The predicted octanol–water partition coefficient (Wildman–Crippen LogP) is -6.11. The number of hydrogen-bond acceptors (Lipinski definition) is 24. The number of aromatic hydroxyl groups is 1. The van der Waals surface area contributed by atoms with E-state index in [2.05, 4.69) is 49.5 Å². The molecule has 1 aromatic carbocycles. The summed E-state index contributed by atoms with van der Waals surface area (Å²) in [5, 5.41) is 114. The van der Waals surface area contributed by atoms with Crippen LogP contribution in [0.4, 0.5) is 0 Å². The van der Waals surface area contributed by atoms with Crippen molar-refractivity contribution in [2.24, 2.45) is 11.5 Å². The number of aliphatic hydroxyl groups is 8. The van der Waals surface area contributed by atoms with Gasteiger partial charge in [0.15, 0.2) is 12.4 Å². The van der Waals surface area contributed by atoms with Crippen molar-refractivity contribution in [3.63, 3.8) is 0 Å². The summed E-state index contributed by atoms with van der Waals surface area (Å²) in [6.07, 6.45) is -14.6. The minimum absolute atomic E-state index is 0.0402. The number of ether oxygens (including phenoxy) is 3. The third kappa shape index (κ3) is 26.7. The van der Waals surface area contributed by atoms with Crippen LogP contribution in [0.25, 0.3) is 0 Å². The second-order valence-electron chi connectivity index (χ2n) is 24.1. The zero-order chi connectivity index (χ0) is 73.0. The number of nitrogens with zero attached hydrogens (tertiary/aromatic N) is 1. The number of aliphatic hydroxyl groups excluding tert-OH is 8. The Hall–Kier alpha value is -8.00. The first-order valence-corrected chi connectivity index (χ1v) is 32.2. The van der Waals surface area contributed by atoms with Gasteiger partial charge in [-0.3, -0.25) is 52.7 Å². The van der Waals surface area contributed by atoms with E-state index in [9.17, 15) is 103 Å². The number of cyclic esters (lactones) is 1.